The normalized spacial score (nSPS) is 11.8. The molecule has 0 spiro atoms. The number of benzene rings is 3. The van der Waals surface area contributed by atoms with Crippen molar-refractivity contribution in [3.05, 3.63) is 69.9 Å². The van der Waals surface area contributed by atoms with Crippen LogP contribution in [0.2, 0.25) is 0 Å². The van der Waals surface area contributed by atoms with Gasteiger partial charge in [0, 0.05) is 23.1 Å². The van der Waals surface area contributed by atoms with E-state index in [0.29, 0.717) is 5.56 Å². The summed E-state index contributed by atoms with van der Waals surface area (Å²) in [6.07, 6.45) is -0.389. The Morgan fingerprint density at radius 2 is 1.49 bits per heavy atom. The fourth-order valence-electron chi connectivity index (χ4n) is 4.19. The molecule has 0 aliphatic rings. The Morgan fingerprint density at radius 3 is 2.05 bits per heavy atom. The van der Waals surface area contributed by atoms with Gasteiger partial charge in [0.05, 0.1) is 27.8 Å². The summed E-state index contributed by atoms with van der Waals surface area (Å²) in [4.78, 5) is 25.6. The number of phenolic OH excluding ortho intramolecular Hbond substituents is 4. The molecule has 0 saturated heterocycles. The zero-order valence-electron chi connectivity index (χ0n) is 20.1. The largest absolute Gasteiger partial charge is 0.504 e. The SMILES string of the molecule is COC(=O)C[C@@H](c1cc(OC)c(O)c(OC)c1)c1c(O)c(O)c(O)c2c(=O)cc(-c3ccccc3)oc12. The number of ether oxygens (including phenoxy) is 3. The summed E-state index contributed by atoms with van der Waals surface area (Å²) in [5.41, 5.74) is -0.283. The molecule has 4 aromatic rings. The highest BCUT2D eigenvalue weighted by atomic mass is 16.5. The van der Waals surface area contributed by atoms with Crippen molar-refractivity contribution in [3.63, 3.8) is 0 Å². The van der Waals surface area contributed by atoms with Gasteiger partial charge in [-0.05, 0) is 17.7 Å². The third kappa shape index (κ3) is 4.44. The van der Waals surface area contributed by atoms with Crippen molar-refractivity contribution in [3.8, 4) is 45.8 Å². The van der Waals surface area contributed by atoms with Crippen LogP contribution in [0.15, 0.2) is 57.7 Å². The van der Waals surface area contributed by atoms with Crippen LogP contribution in [0.3, 0.4) is 0 Å². The molecular formula is C27H24O10. The van der Waals surface area contributed by atoms with E-state index in [-0.39, 0.29) is 46.1 Å². The van der Waals surface area contributed by atoms with Gasteiger partial charge in [0.2, 0.25) is 11.5 Å². The fourth-order valence-corrected chi connectivity index (χ4v) is 4.19. The second-order valence-electron chi connectivity index (χ2n) is 8.11. The van der Waals surface area contributed by atoms with Crippen LogP contribution in [0.1, 0.15) is 23.5 Å². The monoisotopic (exact) mass is 508 g/mol. The molecule has 0 radical (unpaired) electrons. The molecule has 0 unspecified atom stereocenters. The van der Waals surface area contributed by atoms with Crippen molar-refractivity contribution < 1.29 is 43.8 Å². The van der Waals surface area contributed by atoms with Crippen molar-refractivity contribution in [1.29, 1.82) is 0 Å². The van der Waals surface area contributed by atoms with Gasteiger partial charge in [-0.3, -0.25) is 9.59 Å². The first-order valence-corrected chi connectivity index (χ1v) is 11.0. The quantitative estimate of drug-likeness (QED) is 0.213. The zero-order chi connectivity index (χ0) is 26.9. The Hall–Kier alpha value is -4.86. The first-order chi connectivity index (χ1) is 17.7. The summed E-state index contributed by atoms with van der Waals surface area (Å²) < 4.78 is 21.3. The van der Waals surface area contributed by atoms with E-state index in [9.17, 15) is 30.0 Å². The number of hydrogen-bond acceptors (Lipinski definition) is 10. The lowest BCUT2D eigenvalue weighted by atomic mass is 9.85. The molecule has 0 aliphatic carbocycles. The molecule has 10 nitrogen and oxygen atoms in total. The van der Waals surface area contributed by atoms with Crippen LogP contribution in [0.4, 0.5) is 0 Å². The average Bonchev–Trinajstić information content (AvgIpc) is 2.91. The van der Waals surface area contributed by atoms with Crippen LogP contribution < -0.4 is 14.9 Å². The minimum atomic E-state index is -1.11. The first-order valence-electron chi connectivity index (χ1n) is 11.0. The highest BCUT2D eigenvalue weighted by Crippen LogP contribution is 2.51. The lowest BCUT2D eigenvalue weighted by molar-refractivity contribution is -0.140. The molecule has 1 atom stereocenters. The van der Waals surface area contributed by atoms with E-state index in [0.717, 1.165) is 6.07 Å². The van der Waals surface area contributed by atoms with Crippen LogP contribution >= 0.6 is 0 Å². The summed E-state index contributed by atoms with van der Waals surface area (Å²) in [5, 5.41) is 42.1. The maximum atomic E-state index is 13.1. The minimum absolute atomic E-state index is 0.00226. The van der Waals surface area contributed by atoms with Crippen LogP contribution in [-0.2, 0) is 9.53 Å². The van der Waals surface area contributed by atoms with Crippen molar-refractivity contribution in [2.24, 2.45) is 0 Å². The van der Waals surface area contributed by atoms with E-state index in [1.165, 1.54) is 33.5 Å². The number of carbonyl (C=O) groups excluding carboxylic acids is 1. The minimum Gasteiger partial charge on any atom is -0.504 e. The molecule has 0 bridgehead atoms. The Balaban J connectivity index is 2.12. The summed E-state index contributed by atoms with van der Waals surface area (Å²) in [6, 6.07) is 12.6. The van der Waals surface area contributed by atoms with Crippen LogP contribution in [0.25, 0.3) is 22.3 Å². The summed E-state index contributed by atoms with van der Waals surface area (Å²) >= 11 is 0. The van der Waals surface area contributed by atoms with E-state index in [4.69, 9.17) is 18.6 Å². The van der Waals surface area contributed by atoms with Gasteiger partial charge in [0.25, 0.3) is 0 Å². The van der Waals surface area contributed by atoms with Gasteiger partial charge < -0.3 is 39.1 Å². The fraction of sp³-hybridized carbons (Fsp3) is 0.185. The smallest absolute Gasteiger partial charge is 0.306 e. The molecule has 0 amide bonds. The lowest BCUT2D eigenvalue weighted by Gasteiger charge is -2.22. The third-order valence-electron chi connectivity index (χ3n) is 6.04. The molecule has 1 aromatic heterocycles. The van der Waals surface area contributed by atoms with E-state index in [2.05, 4.69) is 0 Å². The molecule has 4 rings (SSSR count). The molecule has 0 aliphatic heterocycles. The van der Waals surface area contributed by atoms with Gasteiger partial charge in [-0.15, -0.1) is 0 Å². The van der Waals surface area contributed by atoms with Crippen molar-refractivity contribution in [2.45, 2.75) is 12.3 Å². The molecule has 0 saturated carbocycles. The van der Waals surface area contributed by atoms with Gasteiger partial charge in [-0.25, -0.2) is 0 Å². The Morgan fingerprint density at radius 1 is 0.865 bits per heavy atom. The number of hydrogen-bond donors (Lipinski definition) is 4. The van der Waals surface area contributed by atoms with Crippen LogP contribution in [0.5, 0.6) is 34.5 Å². The standard InChI is InChI=1S/C27H24O10/c1-34-18-9-14(10-19(35-2)23(18)30)15(11-20(29)36-3)21-24(31)26(33)25(32)22-16(28)12-17(37-27(21)22)13-7-5-4-6-8-13/h4-10,12,15,30-33H,11H2,1-3H3/t15-/m0/s1. The van der Waals surface area contributed by atoms with Gasteiger partial charge in [-0.2, -0.15) is 0 Å². The predicted molar refractivity (Wildman–Crippen MR) is 133 cm³/mol. The topological polar surface area (TPSA) is 156 Å². The number of fused-ring (bicyclic) bond motifs is 1. The Bertz CT molecular complexity index is 1510. The van der Waals surface area contributed by atoms with E-state index in [1.54, 1.807) is 30.3 Å². The molecule has 37 heavy (non-hydrogen) atoms. The van der Waals surface area contributed by atoms with E-state index >= 15 is 0 Å². The number of methoxy groups -OCH3 is 3. The van der Waals surface area contributed by atoms with E-state index in [1.807, 2.05) is 0 Å². The third-order valence-corrected chi connectivity index (χ3v) is 6.04. The summed E-state index contributed by atoms with van der Waals surface area (Å²) in [6.45, 7) is 0. The highest BCUT2D eigenvalue weighted by Gasteiger charge is 2.32. The number of aromatic hydroxyl groups is 4. The lowest BCUT2D eigenvalue weighted by Crippen LogP contribution is -2.13. The molecule has 0 fully saturated rings. The maximum absolute atomic E-state index is 13.1. The zero-order valence-corrected chi connectivity index (χ0v) is 20.1. The number of esters is 1. The number of phenols is 4. The number of carbonyl (C=O) groups is 1. The van der Waals surface area contributed by atoms with Gasteiger partial charge in [0.15, 0.2) is 28.4 Å². The van der Waals surface area contributed by atoms with Crippen molar-refractivity contribution >= 4 is 16.9 Å². The maximum Gasteiger partial charge on any atom is 0.306 e. The number of rotatable bonds is 7. The first kappa shape index (κ1) is 25.2. The molecular weight excluding hydrogens is 484 g/mol. The molecule has 4 N–H and O–H groups in total. The Kier molecular flexibility index (Phi) is 6.83. The van der Waals surface area contributed by atoms with Gasteiger partial charge >= 0.3 is 5.97 Å². The van der Waals surface area contributed by atoms with Crippen molar-refractivity contribution in [2.75, 3.05) is 21.3 Å². The molecule has 3 aromatic carbocycles. The highest BCUT2D eigenvalue weighted by molar-refractivity contribution is 5.93. The second kappa shape index (κ2) is 10.0. The predicted octanol–water partition coefficient (Wildman–Crippen LogP) is 3.99. The Labute approximate surface area is 210 Å². The molecule has 192 valence electrons. The van der Waals surface area contributed by atoms with Gasteiger partial charge in [-0.1, -0.05) is 30.3 Å². The molecule has 10 heteroatoms. The van der Waals surface area contributed by atoms with Crippen LogP contribution in [0, 0.1) is 0 Å². The second-order valence-corrected chi connectivity index (χ2v) is 8.11. The average molecular weight is 508 g/mol. The summed E-state index contributed by atoms with van der Waals surface area (Å²) in [7, 11) is 3.81. The van der Waals surface area contributed by atoms with Crippen LogP contribution in [-0.4, -0.2) is 47.7 Å². The van der Waals surface area contributed by atoms with E-state index < -0.39 is 40.0 Å². The van der Waals surface area contributed by atoms with Crippen molar-refractivity contribution in [1.82, 2.24) is 0 Å². The van der Waals surface area contributed by atoms with Gasteiger partial charge in [0.1, 0.15) is 16.7 Å². The summed E-state index contributed by atoms with van der Waals surface area (Å²) in [5.74, 6) is -4.62. The molecule has 1 heterocycles.